The number of nitrogens with zero attached hydrogens (tertiary/aromatic N) is 6. The predicted octanol–water partition coefficient (Wildman–Crippen LogP) is 4.27. The average molecular weight is 509 g/mol. The Morgan fingerprint density at radius 1 is 1.03 bits per heavy atom. The molecule has 1 aromatic carbocycles. The summed E-state index contributed by atoms with van der Waals surface area (Å²) in [7, 11) is 0. The molecule has 1 aliphatic carbocycles. The second-order valence-corrected chi connectivity index (χ2v) is 10.2. The number of benzene rings is 1. The summed E-state index contributed by atoms with van der Waals surface area (Å²) in [4.78, 5) is 31.1. The summed E-state index contributed by atoms with van der Waals surface area (Å²) in [6.45, 7) is 6.26. The van der Waals surface area contributed by atoms with E-state index in [9.17, 15) is 4.79 Å². The van der Waals surface area contributed by atoms with E-state index in [1.165, 1.54) is 18.5 Å². The number of hydrogen-bond acceptors (Lipinski definition) is 8. The smallest absolute Gasteiger partial charge is 0.227 e. The molecule has 2 N–H and O–H groups in total. The molecule has 1 saturated heterocycles. The summed E-state index contributed by atoms with van der Waals surface area (Å²) < 4.78 is 0. The molecule has 0 radical (unpaired) electrons. The quantitative estimate of drug-likeness (QED) is 0.323. The summed E-state index contributed by atoms with van der Waals surface area (Å²) in [5.41, 5.74) is 4.93. The van der Waals surface area contributed by atoms with Crippen molar-refractivity contribution in [3.05, 3.63) is 89.0 Å². The van der Waals surface area contributed by atoms with Gasteiger partial charge < -0.3 is 10.2 Å². The first-order valence-corrected chi connectivity index (χ1v) is 13.3. The molecule has 1 aliphatic heterocycles. The number of Topliss-reactive ketones (excluding diaryl/α,β-unsaturated/α-hetero) is 1. The zero-order valence-electron chi connectivity index (χ0n) is 21.6. The Morgan fingerprint density at radius 2 is 1.87 bits per heavy atom. The summed E-state index contributed by atoms with van der Waals surface area (Å²) in [5.74, 6) is 3.03. The highest BCUT2D eigenvalue weighted by molar-refractivity contribution is 5.98. The first kappa shape index (κ1) is 24.2. The van der Waals surface area contributed by atoms with Crippen LogP contribution in [-0.4, -0.2) is 62.0 Å². The summed E-state index contributed by atoms with van der Waals surface area (Å²) in [6.07, 6.45) is 6.47. The summed E-state index contributed by atoms with van der Waals surface area (Å²) in [6, 6.07) is 15.7. The van der Waals surface area contributed by atoms with Crippen LogP contribution in [0.5, 0.6) is 0 Å². The van der Waals surface area contributed by atoms with Crippen molar-refractivity contribution in [1.29, 1.82) is 0 Å². The van der Waals surface area contributed by atoms with Gasteiger partial charge in [-0.1, -0.05) is 30.3 Å². The molecule has 38 heavy (non-hydrogen) atoms. The average Bonchev–Trinajstić information content (AvgIpc) is 3.69. The van der Waals surface area contributed by atoms with Gasteiger partial charge in [0.25, 0.3) is 0 Å². The lowest BCUT2D eigenvalue weighted by Gasteiger charge is -2.34. The van der Waals surface area contributed by atoms with E-state index in [1.807, 2.05) is 55.6 Å². The van der Waals surface area contributed by atoms with Crippen LogP contribution in [0.25, 0.3) is 0 Å². The van der Waals surface area contributed by atoms with Crippen LogP contribution in [0.4, 0.5) is 17.6 Å². The second kappa shape index (κ2) is 10.7. The molecule has 0 bridgehead atoms. The van der Waals surface area contributed by atoms with Crippen LogP contribution >= 0.6 is 0 Å². The number of aryl methyl sites for hydroxylation is 1. The molecule has 9 nitrogen and oxygen atoms in total. The predicted molar refractivity (Wildman–Crippen MR) is 147 cm³/mol. The van der Waals surface area contributed by atoms with Gasteiger partial charge in [-0.2, -0.15) is 10.1 Å². The number of nitrogens with one attached hydrogen (secondary N) is 2. The largest absolute Gasteiger partial charge is 0.338 e. The number of hydrogen-bond donors (Lipinski definition) is 2. The van der Waals surface area contributed by atoms with Crippen LogP contribution < -0.4 is 10.2 Å². The Labute approximate surface area is 222 Å². The van der Waals surface area contributed by atoms with Gasteiger partial charge >= 0.3 is 0 Å². The van der Waals surface area contributed by atoms with E-state index in [0.717, 1.165) is 72.7 Å². The fraction of sp³-hybridized carbons (Fsp3) is 0.345. The topological polar surface area (TPSA) is 103 Å². The number of carbonyl (C=O) groups is 1. The minimum Gasteiger partial charge on any atom is -0.338 e. The van der Waals surface area contributed by atoms with Crippen molar-refractivity contribution in [3.8, 4) is 0 Å². The fourth-order valence-electron chi connectivity index (χ4n) is 4.86. The molecule has 6 rings (SSSR count). The molecule has 2 aliphatic rings. The Morgan fingerprint density at radius 3 is 2.63 bits per heavy atom. The number of H-pyrrole nitrogens is 1. The molecule has 1 saturated carbocycles. The van der Waals surface area contributed by atoms with Gasteiger partial charge in [0.15, 0.2) is 11.6 Å². The van der Waals surface area contributed by atoms with Crippen molar-refractivity contribution < 1.29 is 4.79 Å². The highest BCUT2D eigenvalue weighted by Gasteiger charge is 2.25. The monoisotopic (exact) mass is 508 g/mol. The van der Waals surface area contributed by atoms with Crippen LogP contribution in [0.3, 0.4) is 0 Å². The highest BCUT2D eigenvalue weighted by atomic mass is 16.1. The third-order valence-corrected chi connectivity index (χ3v) is 7.25. The second-order valence-electron chi connectivity index (χ2n) is 10.2. The van der Waals surface area contributed by atoms with Crippen LogP contribution in [0, 0.1) is 6.92 Å². The van der Waals surface area contributed by atoms with Crippen LogP contribution in [0.15, 0.2) is 60.9 Å². The maximum absolute atomic E-state index is 12.7. The van der Waals surface area contributed by atoms with Gasteiger partial charge in [-0.3, -0.25) is 19.8 Å². The van der Waals surface area contributed by atoms with Gasteiger partial charge in [0, 0.05) is 74.8 Å². The zero-order valence-corrected chi connectivity index (χ0v) is 21.6. The third-order valence-electron chi connectivity index (χ3n) is 7.25. The number of aromatic nitrogens is 5. The maximum Gasteiger partial charge on any atom is 0.227 e. The molecular formula is C29H32N8O. The molecule has 0 amide bonds. The van der Waals surface area contributed by atoms with Gasteiger partial charge in [0.1, 0.15) is 5.82 Å². The number of rotatable bonds is 9. The van der Waals surface area contributed by atoms with Crippen molar-refractivity contribution in [2.45, 2.75) is 38.6 Å². The normalized spacial score (nSPS) is 16.0. The number of anilines is 3. The van der Waals surface area contributed by atoms with E-state index in [-0.39, 0.29) is 5.78 Å². The molecule has 194 valence electrons. The van der Waals surface area contributed by atoms with E-state index in [2.05, 4.69) is 41.3 Å². The molecule has 4 aromatic rings. The Kier molecular flexibility index (Phi) is 6.83. The van der Waals surface area contributed by atoms with E-state index in [0.29, 0.717) is 12.3 Å². The number of carbonyl (C=O) groups excluding carboxylic acids is 1. The molecule has 0 spiro atoms. The molecule has 0 unspecified atom stereocenters. The van der Waals surface area contributed by atoms with E-state index >= 15 is 0 Å². The van der Waals surface area contributed by atoms with E-state index < -0.39 is 0 Å². The van der Waals surface area contributed by atoms with Crippen molar-refractivity contribution >= 4 is 23.4 Å². The van der Waals surface area contributed by atoms with Crippen molar-refractivity contribution in [1.82, 2.24) is 30.0 Å². The van der Waals surface area contributed by atoms with Gasteiger partial charge in [0.2, 0.25) is 5.95 Å². The number of aromatic amines is 1. The van der Waals surface area contributed by atoms with Gasteiger partial charge in [-0.05, 0) is 43.0 Å². The SMILES string of the molecule is Cc1ccccc1C(=O)Cc1ccc(CN2CCN(c3nccc(Nc4cc(C5CC5)[nH]n4)n3)CC2)nc1. The van der Waals surface area contributed by atoms with Crippen molar-refractivity contribution in [2.24, 2.45) is 0 Å². The molecule has 4 heterocycles. The van der Waals surface area contributed by atoms with Gasteiger partial charge in [-0.15, -0.1) is 0 Å². The van der Waals surface area contributed by atoms with Crippen LogP contribution in [0.2, 0.25) is 0 Å². The molecular weight excluding hydrogens is 476 g/mol. The number of pyridine rings is 1. The summed E-state index contributed by atoms with van der Waals surface area (Å²) >= 11 is 0. The molecule has 2 fully saturated rings. The van der Waals surface area contributed by atoms with Crippen LogP contribution in [0.1, 0.15) is 51.6 Å². The van der Waals surface area contributed by atoms with Gasteiger partial charge in [0.05, 0.1) is 5.69 Å². The lowest BCUT2D eigenvalue weighted by atomic mass is 10.00. The first-order chi connectivity index (χ1) is 18.6. The van der Waals surface area contributed by atoms with Crippen LogP contribution in [-0.2, 0) is 13.0 Å². The minimum absolute atomic E-state index is 0.127. The maximum atomic E-state index is 12.7. The van der Waals surface area contributed by atoms with Crippen molar-refractivity contribution in [2.75, 3.05) is 36.4 Å². The van der Waals surface area contributed by atoms with E-state index in [1.54, 1.807) is 6.20 Å². The summed E-state index contributed by atoms with van der Waals surface area (Å²) in [5, 5.41) is 10.8. The first-order valence-electron chi connectivity index (χ1n) is 13.3. The minimum atomic E-state index is 0.127. The number of ketones is 1. The Balaban J connectivity index is 0.999. The molecule has 0 atom stereocenters. The lowest BCUT2D eigenvalue weighted by molar-refractivity contribution is 0.0992. The Bertz CT molecular complexity index is 1400. The van der Waals surface area contributed by atoms with E-state index in [4.69, 9.17) is 4.98 Å². The zero-order chi connectivity index (χ0) is 25.9. The van der Waals surface area contributed by atoms with Gasteiger partial charge in [-0.25, -0.2) is 4.98 Å². The molecule has 3 aromatic heterocycles. The number of piperazine rings is 1. The third kappa shape index (κ3) is 5.73. The molecule has 9 heteroatoms. The van der Waals surface area contributed by atoms with Crippen molar-refractivity contribution in [3.63, 3.8) is 0 Å². The lowest BCUT2D eigenvalue weighted by Crippen LogP contribution is -2.46. The highest BCUT2D eigenvalue weighted by Crippen LogP contribution is 2.39. The Hall–Kier alpha value is -4.11. The standard InChI is InChI=1S/C29H32N8O/c1-20-4-2-3-5-24(20)26(38)16-21-6-9-23(31-18-21)19-36-12-14-37(15-13-36)29-30-11-10-27(33-29)32-28-17-25(34-35-28)22-7-8-22/h2-6,9-11,17-18,22H,7-8,12-16,19H2,1H3,(H2,30,32,33,34,35). The fourth-order valence-corrected chi connectivity index (χ4v) is 4.86.